The van der Waals surface area contributed by atoms with E-state index in [0.717, 1.165) is 18.5 Å². The number of ether oxygens (including phenoxy) is 1. The molecule has 0 aliphatic heterocycles. The molecular weight excluding hydrogens is 451 g/mol. The minimum atomic E-state index is -3.60. The number of sulfonamides is 1. The second-order valence-corrected chi connectivity index (χ2v) is 8.69. The maximum atomic E-state index is 14.6. The summed E-state index contributed by atoms with van der Waals surface area (Å²) in [5.74, 6) is -0.832. The Hall–Kier alpha value is -3.25. The largest absolute Gasteiger partial charge is 0.441 e. The van der Waals surface area contributed by atoms with Crippen molar-refractivity contribution < 1.29 is 22.3 Å². The molecule has 0 saturated carbocycles. The molecule has 2 heterocycles. The van der Waals surface area contributed by atoms with Crippen molar-refractivity contribution in [3.05, 3.63) is 52.9 Å². The van der Waals surface area contributed by atoms with Crippen molar-refractivity contribution in [2.45, 2.75) is 13.0 Å². The Balaban J connectivity index is 1.81. The summed E-state index contributed by atoms with van der Waals surface area (Å²) in [6, 6.07) is 7.86. The van der Waals surface area contributed by atoms with Crippen LogP contribution in [0.2, 0.25) is 5.02 Å². The van der Waals surface area contributed by atoms with Crippen molar-refractivity contribution in [2.75, 3.05) is 16.3 Å². The van der Waals surface area contributed by atoms with Crippen LogP contribution in [-0.2, 0) is 21.8 Å². The fraction of sp³-hybridized carbons (Fsp3) is 0.222. The van der Waals surface area contributed by atoms with E-state index in [1.54, 1.807) is 31.2 Å². The van der Waals surface area contributed by atoms with Gasteiger partial charge < -0.3 is 4.74 Å². The maximum absolute atomic E-state index is 14.6. The van der Waals surface area contributed by atoms with Gasteiger partial charge in [0, 0.05) is 23.7 Å². The van der Waals surface area contributed by atoms with Crippen LogP contribution in [0, 0.1) is 5.82 Å². The number of aryl methyl sites for hydroxylation is 1. The molecule has 0 bridgehead atoms. The van der Waals surface area contributed by atoms with Crippen molar-refractivity contribution in [3.63, 3.8) is 0 Å². The van der Waals surface area contributed by atoms with Gasteiger partial charge in [0.1, 0.15) is 11.8 Å². The summed E-state index contributed by atoms with van der Waals surface area (Å²) in [5, 5.41) is 10.5. The predicted molar refractivity (Wildman–Crippen MR) is 113 cm³/mol. The Kier molecular flexibility index (Phi) is 6.41. The molecule has 0 saturated heterocycles. The van der Waals surface area contributed by atoms with Crippen molar-refractivity contribution >= 4 is 39.2 Å². The molecule has 3 rings (SSSR count). The lowest BCUT2D eigenvalue weighted by molar-refractivity contribution is 0.121. The molecule has 2 N–H and O–H groups in total. The van der Waals surface area contributed by atoms with Crippen molar-refractivity contribution in [1.29, 1.82) is 0 Å². The second-order valence-electron chi connectivity index (χ2n) is 6.53. The van der Waals surface area contributed by atoms with Crippen LogP contribution in [0.4, 0.5) is 20.7 Å². The number of nitrogens with zero attached hydrogens (tertiary/aromatic N) is 4. The van der Waals surface area contributed by atoms with Crippen LogP contribution >= 0.6 is 11.6 Å². The highest BCUT2D eigenvalue weighted by Gasteiger charge is 2.22. The highest BCUT2D eigenvalue weighted by atomic mass is 35.5. The molecule has 0 fully saturated rings. The number of benzene rings is 1. The molecule has 10 nitrogen and oxygen atoms in total. The average Bonchev–Trinajstić information content (AvgIpc) is 3.01. The zero-order valence-corrected chi connectivity index (χ0v) is 18.2. The normalized spacial score (nSPS) is 12.3. The van der Waals surface area contributed by atoms with Crippen molar-refractivity contribution in [2.24, 2.45) is 7.05 Å². The van der Waals surface area contributed by atoms with Crippen LogP contribution in [0.3, 0.4) is 0 Å². The van der Waals surface area contributed by atoms with Gasteiger partial charge in [-0.3, -0.25) is 10.0 Å². The van der Waals surface area contributed by atoms with Crippen molar-refractivity contribution in [3.8, 4) is 11.4 Å². The molecule has 31 heavy (non-hydrogen) atoms. The number of carbonyl (C=O) groups is 1. The number of aromatic nitrogens is 4. The van der Waals surface area contributed by atoms with Gasteiger partial charge in [-0.25, -0.2) is 27.3 Å². The molecule has 0 radical (unpaired) electrons. The van der Waals surface area contributed by atoms with Crippen LogP contribution in [0.25, 0.3) is 11.4 Å². The lowest BCUT2D eigenvalue weighted by atomic mass is 10.1. The molecule has 13 heteroatoms. The molecule has 1 aromatic carbocycles. The van der Waals surface area contributed by atoms with Crippen LogP contribution in [0.15, 0.2) is 36.5 Å². The highest BCUT2D eigenvalue weighted by Crippen LogP contribution is 2.29. The third-order valence-electron chi connectivity index (χ3n) is 4.04. The monoisotopic (exact) mass is 468 g/mol. The summed E-state index contributed by atoms with van der Waals surface area (Å²) < 4.78 is 45.9. The standard InChI is InChI=1S/C18H18ClFN6O4S/c1-10(12-6-4-5-7-13(12)19)30-18(27)22-17-16(23-25-26(17)2)15-14(20)8-11(9-21-15)24-31(3,28)29/h4-10,24H,1-3H3,(H,22,27)/t10-/m1/s1. The fourth-order valence-corrected chi connectivity index (χ4v) is 3.52. The number of nitrogens with one attached hydrogen (secondary N) is 2. The zero-order chi connectivity index (χ0) is 22.8. The summed E-state index contributed by atoms with van der Waals surface area (Å²) in [6.07, 6.45) is 0.554. The summed E-state index contributed by atoms with van der Waals surface area (Å²) in [5.41, 5.74) is 0.259. The van der Waals surface area contributed by atoms with Crippen LogP contribution in [0.1, 0.15) is 18.6 Å². The van der Waals surface area contributed by atoms with Crippen LogP contribution in [-0.4, -0.2) is 40.7 Å². The number of anilines is 2. The Morgan fingerprint density at radius 1 is 1.29 bits per heavy atom. The third kappa shape index (κ3) is 5.47. The first kappa shape index (κ1) is 22.4. The van der Waals surface area contributed by atoms with Gasteiger partial charge in [0.25, 0.3) is 0 Å². The van der Waals surface area contributed by atoms with E-state index in [2.05, 4.69) is 25.3 Å². The molecule has 3 aromatic rings. The van der Waals surface area contributed by atoms with E-state index in [1.165, 1.54) is 11.7 Å². The van der Waals surface area contributed by atoms with Gasteiger partial charge in [0.2, 0.25) is 10.0 Å². The van der Waals surface area contributed by atoms with Gasteiger partial charge >= 0.3 is 6.09 Å². The molecule has 1 atom stereocenters. The highest BCUT2D eigenvalue weighted by molar-refractivity contribution is 7.92. The Bertz CT molecular complexity index is 1230. The smallest absolute Gasteiger partial charge is 0.413 e. The zero-order valence-electron chi connectivity index (χ0n) is 16.6. The van der Waals surface area contributed by atoms with Crippen LogP contribution in [0.5, 0.6) is 0 Å². The number of hydrogen-bond donors (Lipinski definition) is 2. The van der Waals surface area contributed by atoms with Gasteiger partial charge in [0.15, 0.2) is 17.3 Å². The molecular formula is C18H18ClFN6O4S. The summed E-state index contributed by atoms with van der Waals surface area (Å²) in [4.78, 5) is 16.3. The van der Waals surface area contributed by atoms with E-state index in [1.807, 2.05) is 0 Å². The summed E-state index contributed by atoms with van der Waals surface area (Å²) >= 11 is 6.12. The van der Waals surface area contributed by atoms with Crippen LogP contribution < -0.4 is 10.0 Å². The first-order valence-corrected chi connectivity index (χ1v) is 11.1. The summed E-state index contributed by atoms with van der Waals surface area (Å²) in [7, 11) is -2.11. The lowest BCUT2D eigenvalue weighted by Gasteiger charge is -2.15. The van der Waals surface area contributed by atoms with Gasteiger partial charge in [-0.05, 0) is 13.0 Å². The van der Waals surface area contributed by atoms with E-state index < -0.39 is 28.0 Å². The quantitative estimate of drug-likeness (QED) is 0.567. The second kappa shape index (κ2) is 8.86. The molecule has 0 aliphatic carbocycles. The van der Waals surface area contributed by atoms with Crippen molar-refractivity contribution in [1.82, 2.24) is 20.0 Å². The molecule has 0 unspecified atom stereocenters. The number of amides is 1. The third-order valence-corrected chi connectivity index (χ3v) is 4.99. The molecule has 0 aliphatic rings. The summed E-state index contributed by atoms with van der Waals surface area (Å²) in [6.45, 7) is 1.65. The van der Waals surface area contributed by atoms with Gasteiger partial charge in [-0.15, -0.1) is 5.10 Å². The van der Waals surface area contributed by atoms with E-state index in [4.69, 9.17) is 16.3 Å². The number of halogens is 2. The molecule has 1 amide bonds. The first-order chi connectivity index (χ1) is 14.5. The van der Waals surface area contributed by atoms with E-state index in [-0.39, 0.29) is 22.9 Å². The fourth-order valence-electron chi connectivity index (χ4n) is 2.69. The first-order valence-electron chi connectivity index (χ1n) is 8.80. The Morgan fingerprint density at radius 3 is 2.65 bits per heavy atom. The maximum Gasteiger partial charge on any atom is 0.413 e. The number of carbonyl (C=O) groups excluding carboxylic acids is 1. The number of pyridine rings is 1. The minimum absolute atomic E-state index is 0.0339. The van der Waals surface area contributed by atoms with E-state index in [0.29, 0.717) is 10.6 Å². The minimum Gasteiger partial charge on any atom is -0.441 e. The molecule has 164 valence electrons. The SMILES string of the molecule is C[C@@H](OC(=O)Nc1c(-c2ncc(NS(C)(=O)=O)cc2F)nnn1C)c1ccccc1Cl. The van der Waals surface area contributed by atoms with E-state index >= 15 is 0 Å². The number of rotatable bonds is 6. The van der Waals surface area contributed by atoms with Gasteiger partial charge in [-0.1, -0.05) is 35.0 Å². The Labute approximate surface area is 182 Å². The average molecular weight is 469 g/mol. The molecule has 0 spiro atoms. The Morgan fingerprint density at radius 2 is 2.00 bits per heavy atom. The van der Waals surface area contributed by atoms with Gasteiger partial charge in [0.05, 0.1) is 18.1 Å². The van der Waals surface area contributed by atoms with E-state index in [9.17, 15) is 17.6 Å². The van der Waals surface area contributed by atoms with Gasteiger partial charge in [-0.2, -0.15) is 0 Å². The number of hydrogen-bond acceptors (Lipinski definition) is 7. The lowest BCUT2D eigenvalue weighted by Crippen LogP contribution is -2.18. The topological polar surface area (TPSA) is 128 Å². The molecule has 2 aromatic heterocycles. The predicted octanol–water partition coefficient (Wildman–Crippen LogP) is 3.35.